The third-order valence-corrected chi connectivity index (χ3v) is 5.07. The Hall–Kier alpha value is -1.10. The van der Waals surface area contributed by atoms with Gasteiger partial charge >= 0.3 is 0 Å². The van der Waals surface area contributed by atoms with Crippen LogP contribution in [-0.2, 0) is 9.84 Å². The normalized spacial score (nSPS) is 15.6. The molecular formula is C17H28FIN4O2S. The van der Waals surface area contributed by atoms with Crippen molar-refractivity contribution >= 4 is 45.5 Å². The van der Waals surface area contributed by atoms with Crippen LogP contribution in [0.4, 0.5) is 10.1 Å². The van der Waals surface area contributed by atoms with Crippen LogP contribution in [0.15, 0.2) is 29.3 Å². The largest absolute Gasteiger partial charge is 0.366 e. The quantitative estimate of drug-likeness (QED) is 0.281. The number of hydrogen-bond donors (Lipinski definition) is 1. The molecular weight excluding hydrogens is 470 g/mol. The first-order chi connectivity index (χ1) is 11.9. The second kappa shape index (κ2) is 10.9. The van der Waals surface area contributed by atoms with E-state index >= 15 is 0 Å². The first-order valence-electron chi connectivity index (χ1n) is 8.61. The summed E-state index contributed by atoms with van der Waals surface area (Å²) in [7, 11) is -2.95. The van der Waals surface area contributed by atoms with Gasteiger partial charge in [0.25, 0.3) is 0 Å². The molecule has 0 bridgehead atoms. The monoisotopic (exact) mass is 498 g/mol. The molecule has 0 amide bonds. The number of para-hydroxylation sites is 1. The minimum Gasteiger partial charge on any atom is -0.366 e. The number of nitrogens with zero attached hydrogens (tertiary/aromatic N) is 3. The fourth-order valence-electron chi connectivity index (χ4n) is 2.80. The minimum atomic E-state index is -2.95. The molecule has 0 spiro atoms. The fraction of sp³-hybridized carbons (Fsp3) is 0.588. The highest BCUT2D eigenvalue weighted by atomic mass is 127. The van der Waals surface area contributed by atoms with Crippen LogP contribution in [0, 0.1) is 5.82 Å². The lowest BCUT2D eigenvalue weighted by Gasteiger charge is -2.37. The Morgan fingerprint density at radius 1 is 1.23 bits per heavy atom. The SMILES string of the molecule is CCNC(=NCCCS(C)(=O)=O)N1CCN(c2ccccc2F)CC1.I. The highest BCUT2D eigenvalue weighted by Gasteiger charge is 2.21. The molecule has 1 heterocycles. The highest BCUT2D eigenvalue weighted by Crippen LogP contribution is 2.20. The Kier molecular flexibility index (Phi) is 9.62. The van der Waals surface area contributed by atoms with Crippen molar-refractivity contribution in [3.05, 3.63) is 30.1 Å². The van der Waals surface area contributed by atoms with E-state index < -0.39 is 9.84 Å². The molecule has 0 atom stereocenters. The van der Waals surface area contributed by atoms with Gasteiger partial charge in [0.05, 0.1) is 11.4 Å². The standard InChI is InChI=1S/C17H27FN4O2S.HI/c1-3-19-17(20-9-6-14-25(2,23)24)22-12-10-21(11-13-22)16-8-5-4-7-15(16)18;/h4-5,7-8H,3,6,9-14H2,1-2H3,(H,19,20);1H. The van der Waals surface area contributed by atoms with Crippen LogP contribution in [0.25, 0.3) is 0 Å². The van der Waals surface area contributed by atoms with Gasteiger partial charge in [0.15, 0.2) is 5.96 Å². The van der Waals surface area contributed by atoms with Gasteiger partial charge in [-0.3, -0.25) is 4.99 Å². The number of guanidine groups is 1. The Balaban J connectivity index is 0.00000338. The summed E-state index contributed by atoms with van der Waals surface area (Å²) in [5, 5.41) is 3.25. The van der Waals surface area contributed by atoms with Gasteiger partial charge in [-0.2, -0.15) is 0 Å². The topological polar surface area (TPSA) is 65.0 Å². The number of hydrogen-bond acceptors (Lipinski definition) is 4. The molecule has 2 rings (SSSR count). The first-order valence-corrected chi connectivity index (χ1v) is 10.7. The van der Waals surface area contributed by atoms with Crippen molar-refractivity contribution in [3.63, 3.8) is 0 Å². The van der Waals surface area contributed by atoms with E-state index in [9.17, 15) is 12.8 Å². The molecule has 1 aromatic rings. The molecule has 1 aliphatic rings. The lowest BCUT2D eigenvalue weighted by Crippen LogP contribution is -2.52. The van der Waals surface area contributed by atoms with Gasteiger partial charge in [0.1, 0.15) is 15.7 Å². The molecule has 1 fully saturated rings. The Bertz CT molecular complexity index is 692. The predicted molar refractivity (Wildman–Crippen MR) is 116 cm³/mol. The van der Waals surface area contributed by atoms with Crippen molar-refractivity contribution in [3.8, 4) is 0 Å². The first kappa shape index (κ1) is 22.9. The van der Waals surface area contributed by atoms with Crippen LogP contribution in [0.1, 0.15) is 13.3 Å². The molecule has 0 saturated carbocycles. The average molecular weight is 498 g/mol. The summed E-state index contributed by atoms with van der Waals surface area (Å²) in [6.07, 6.45) is 1.76. The molecule has 1 aliphatic heterocycles. The van der Waals surface area contributed by atoms with Crippen LogP contribution >= 0.6 is 24.0 Å². The number of piperazine rings is 1. The maximum atomic E-state index is 13.9. The van der Waals surface area contributed by atoms with Crippen molar-refractivity contribution in [2.75, 3.05) is 56.2 Å². The van der Waals surface area contributed by atoms with E-state index in [-0.39, 0.29) is 35.5 Å². The van der Waals surface area contributed by atoms with Crippen molar-refractivity contribution in [1.29, 1.82) is 0 Å². The van der Waals surface area contributed by atoms with Gasteiger partial charge in [-0.25, -0.2) is 12.8 Å². The van der Waals surface area contributed by atoms with Gasteiger partial charge in [-0.1, -0.05) is 12.1 Å². The predicted octanol–water partition coefficient (Wildman–Crippen LogP) is 1.97. The number of rotatable bonds is 6. The van der Waals surface area contributed by atoms with Crippen molar-refractivity contribution in [2.45, 2.75) is 13.3 Å². The number of anilines is 1. The van der Waals surface area contributed by atoms with Crippen LogP contribution in [-0.4, -0.2) is 70.6 Å². The number of sulfone groups is 1. The highest BCUT2D eigenvalue weighted by molar-refractivity contribution is 14.0. The van der Waals surface area contributed by atoms with E-state index in [4.69, 9.17) is 0 Å². The maximum Gasteiger partial charge on any atom is 0.194 e. The summed E-state index contributed by atoms with van der Waals surface area (Å²) < 4.78 is 36.3. The van der Waals surface area contributed by atoms with Crippen LogP contribution in [0.3, 0.4) is 0 Å². The molecule has 1 saturated heterocycles. The molecule has 26 heavy (non-hydrogen) atoms. The van der Waals surface area contributed by atoms with Crippen molar-refractivity contribution < 1.29 is 12.8 Å². The van der Waals surface area contributed by atoms with Crippen LogP contribution < -0.4 is 10.2 Å². The Morgan fingerprint density at radius 3 is 2.46 bits per heavy atom. The van der Waals surface area contributed by atoms with E-state index in [0.717, 1.165) is 25.6 Å². The molecule has 9 heteroatoms. The third kappa shape index (κ3) is 7.26. The van der Waals surface area contributed by atoms with Crippen LogP contribution in [0.5, 0.6) is 0 Å². The second-order valence-electron chi connectivity index (χ2n) is 6.14. The van der Waals surface area contributed by atoms with Crippen molar-refractivity contribution in [1.82, 2.24) is 10.2 Å². The molecule has 1 aromatic carbocycles. The molecule has 1 N–H and O–H groups in total. The van der Waals surface area contributed by atoms with E-state index in [1.165, 1.54) is 12.3 Å². The zero-order valence-electron chi connectivity index (χ0n) is 15.3. The number of aliphatic imine (C=N–C) groups is 1. The summed E-state index contributed by atoms with van der Waals surface area (Å²) in [6, 6.07) is 6.82. The third-order valence-electron chi connectivity index (χ3n) is 4.04. The van der Waals surface area contributed by atoms with Gasteiger partial charge < -0.3 is 15.1 Å². The molecule has 148 valence electrons. The summed E-state index contributed by atoms with van der Waals surface area (Å²) in [6.45, 7) is 6.14. The molecule has 0 radical (unpaired) electrons. The fourth-order valence-corrected chi connectivity index (χ4v) is 3.46. The number of benzene rings is 1. The smallest absolute Gasteiger partial charge is 0.194 e. The number of nitrogens with one attached hydrogen (secondary N) is 1. The molecule has 6 nitrogen and oxygen atoms in total. The van der Waals surface area contributed by atoms with Gasteiger partial charge in [-0.15, -0.1) is 24.0 Å². The summed E-state index contributed by atoms with van der Waals surface area (Å²) >= 11 is 0. The number of halogens is 2. The summed E-state index contributed by atoms with van der Waals surface area (Å²) in [5.74, 6) is 0.748. The molecule has 0 aliphatic carbocycles. The lowest BCUT2D eigenvalue weighted by molar-refractivity contribution is 0.371. The molecule has 0 aromatic heterocycles. The van der Waals surface area contributed by atoms with E-state index in [2.05, 4.69) is 15.2 Å². The summed E-state index contributed by atoms with van der Waals surface area (Å²) in [4.78, 5) is 8.71. The van der Waals surface area contributed by atoms with E-state index in [1.807, 2.05) is 17.9 Å². The molecule has 0 unspecified atom stereocenters. The Labute approximate surface area is 172 Å². The van der Waals surface area contributed by atoms with E-state index in [1.54, 1.807) is 12.1 Å². The maximum absolute atomic E-state index is 13.9. The second-order valence-corrected chi connectivity index (χ2v) is 8.40. The lowest BCUT2D eigenvalue weighted by atomic mass is 10.2. The van der Waals surface area contributed by atoms with E-state index in [0.29, 0.717) is 31.7 Å². The zero-order chi connectivity index (χ0) is 18.3. The average Bonchev–Trinajstić information content (AvgIpc) is 2.57. The summed E-state index contributed by atoms with van der Waals surface area (Å²) in [5.41, 5.74) is 0.636. The van der Waals surface area contributed by atoms with Gasteiger partial charge in [0, 0.05) is 45.5 Å². The van der Waals surface area contributed by atoms with Crippen LogP contribution in [0.2, 0.25) is 0 Å². The van der Waals surface area contributed by atoms with Gasteiger partial charge in [-0.05, 0) is 25.5 Å². The zero-order valence-corrected chi connectivity index (χ0v) is 18.5. The Morgan fingerprint density at radius 2 is 1.88 bits per heavy atom. The van der Waals surface area contributed by atoms with Gasteiger partial charge in [0.2, 0.25) is 0 Å². The van der Waals surface area contributed by atoms with Crippen molar-refractivity contribution in [2.24, 2.45) is 4.99 Å². The minimum absolute atomic E-state index is 0.